The molecule has 0 aliphatic rings. The van der Waals surface area contributed by atoms with Gasteiger partial charge in [0.05, 0.1) is 6.61 Å². The molecule has 0 heterocycles. The molecule has 2 rings (SSSR count). The Morgan fingerprint density at radius 1 is 0.900 bits per heavy atom. The van der Waals surface area contributed by atoms with Crippen LogP contribution in [0.1, 0.15) is 16.7 Å². The third kappa shape index (κ3) is 2.18. The topological polar surface area (TPSA) is 20.2 Å². The summed E-state index contributed by atoms with van der Waals surface area (Å²) in [5.41, 5.74) is 0.647. The molecule has 0 saturated heterocycles. The lowest BCUT2D eigenvalue weighted by atomic mass is 9.93. The van der Waals surface area contributed by atoms with Gasteiger partial charge in [-0.05, 0) is 25.0 Å². The minimum absolute atomic E-state index is 0.218. The SMILES string of the molecule is Cc1ccc(-c2c(F)c(F)c(F)c(F)c2CO)c(C)c1. The predicted octanol–water partition coefficient (Wildman–Crippen LogP) is 4.02. The monoisotopic (exact) mass is 284 g/mol. The summed E-state index contributed by atoms with van der Waals surface area (Å²) >= 11 is 0. The molecule has 0 saturated carbocycles. The van der Waals surface area contributed by atoms with Crippen molar-refractivity contribution in [2.24, 2.45) is 0 Å². The average Bonchev–Trinajstić information content (AvgIpc) is 2.41. The second-order valence-electron chi connectivity index (χ2n) is 4.59. The molecule has 0 aliphatic carbocycles. The van der Waals surface area contributed by atoms with Gasteiger partial charge in [-0.15, -0.1) is 0 Å². The molecule has 1 nitrogen and oxygen atoms in total. The molecule has 5 heteroatoms. The van der Waals surface area contributed by atoms with E-state index in [1.165, 1.54) is 6.07 Å². The average molecular weight is 284 g/mol. The first kappa shape index (κ1) is 14.5. The maximum absolute atomic E-state index is 14.0. The fourth-order valence-electron chi connectivity index (χ4n) is 2.20. The van der Waals surface area contributed by atoms with Gasteiger partial charge < -0.3 is 5.11 Å². The molecule has 20 heavy (non-hydrogen) atoms. The van der Waals surface area contributed by atoms with Crippen LogP contribution in [0.4, 0.5) is 17.6 Å². The third-order valence-corrected chi connectivity index (χ3v) is 3.17. The Morgan fingerprint density at radius 3 is 2.05 bits per heavy atom. The van der Waals surface area contributed by atoms with Gasteiger partial charge in [-0.1, -0.05) is 23.8 Å². The third-order valence-electron chi connectivity index (χ3n) is 3.17. The van der Waals surface area contributed by atoms with E-state index in [9.17, 15) is 17.6 Å². The van der Waals surface area contributed by atoms with Crippen molar-refractivity contribution in [1.29, 1.82) is 0 Å². The maximum Gasteiger partial charge on any atom is 0.198 e. The first-order chi connectivity index (χ1) is 9.38. The van der Waals surface area contributed by atoms with E-state index in [1.54, 1.807) is 19.1 Å². The Bertz CT molecular complexity index is 680. The van der Waals surface area contributed by atoms with E-state index in [2.05, 4.69) is 0 Å². The first-order valence-corrected chi connectivity index (χ1v) is 5.91. The minimum atomic E-state index is -1.92. The van der Waals surface area contributed by atoms with Gasteiger partial charge in [0.1, 0.15) is 0 Å². The van der Waals surface area contributed by atoms with Crippen LogP contribution in [0.25, 0.3) is 11.1 Å². The Balaban J connectivity index is 2.86. The summed E-state index contributed by atoms with van der Waals surface area (Å²) in [6, 6.07) is 4.83. The quantitative estimate of drug-likeness (QED) is 0.501. The van der Waals surface area contributed by atoms with E-state index in [0.29, 0.717) is 5.56 Å². The van der Waals surface area contributed by atoms with Crippen LogP contribution in [0, 0.1) is 37.1 Å². The van der Waals surface area contributed by atoms with E-state index in [1.807, 2.05) is 6.92 Å². The standard InChI is InChI=1S/C15H12F4O/c1-7-3-4-9(8(2)5-7)11-10(6-20)12(16)14(18)15(19)13(11)17/h3-5,20H,6H2,1-2H3. The molecule has 0 bridgehead atoms. The highest BCUT2D eigenvalue weighted by Crippen LogP contribution is 2.34. The summed E-state index contributed by atoms with van der Waals surface area (Å²) < 4.78 is 54.2. The van der Waals surface area contributed by atoms with Gasteiger partial charge in [0.2, 0.25) is 0 Å². The summed E-state index contributed by atoms with van der Waals surface area (Å²) in [7, 11) is 0. The zero-order chi connectivity index (χ0) is 15.0. The van der Waals surface area contributed by atoms with Crippen molar-refractivity contribution in [1.82, 2.24) is 0 Å². The van der Waals surface area contributed by atoms with E-state index >= 15 is 0 Å². The largest absolute Gasteiger partial charge is 0.392 e. The molecule has 0 aliphatic heterocycles. The van der Waals surface area contributed by atoms with Crippen molar-refractivity contribution in [2.75, 3.05) is 0 Å². The Labute approximate surface area is 113 Å². The molecule has 2 aromatic carbocycles. The van der Waals surface area contributed by atoms with Gasteiger partial charge in [-0.2, -0.15) is 0 Å². The summed E-state index contributed by atoms with van der Waals surface area (Å²) in [5, 5.41) is 9.15. The maximum atomic E-state index is 14.0. The lowest BCUT2D eigenvalue weighted by molar-refractivity contribution is 0.271. The summed E-state index contributed by atoms with van der Waals surface area (Å²) in [6.07, 6.45) is 0. The van der Waals surface area contributed by atoms with Crippen molar-refractivity contribution in [3.63, 3.8) is 0 Å². The molecule has 1 N–H and O–H groups in total. The number of aliphatic hydroxyl groups is 1. The lowest BCUT2D eigenvalue weighted by Crippen LogP contribution is -2.06. The van der Waals surface area contributed by atoms with Gasteiger partial charge in [0.15, 0.2) is 23.3 Å². The number of halogens is 4. The predicted molar refractivity (Wildman–Crippen MR) is 67.1 cm³/mol. The zero-order valence-corrected chi connectivity index (χ0v) is 10.9. The van der Waals surface area contributed by atoms with Crippen molar-refractivity contribution < 1.29 is 22.7 Å². The van der Waals surface area contributed by atoms with Crippen LogP contribution in [0.3, 0.4) is 0 Å². The van der Waals surface area contributed by atoms with Crippen molar-refractivity contribution >= 4 is 0 Å². The molecule has 2 aromatic rings. The van der Waals surface area contributed by atoms with Crippen LogP contribution in [-0.4, -0.2) is 5.11 Å². The van der Waals surface area contributed by atoms with Gasteiger partial charge in [-0.25, -0.2) is 17.6 Å². The smallest absolute Gasteiger partial charge is 0.198 e. The van der Waals surface area contributed by atoms with Gasteiger partial charge >= 0.3 is 0 Å². The molecule has 0 spiro atoms. The fraction of sp³-hybridized carbons (Fsp3) is 0.200. The molecular weight excluding hydrogens is 272 g/mol. The van der Waals surface area contributed by atoms with E-state index in [4.69, 9.17) is 5.11 Å². The molecular formula is C15H12F4O. The van der Waals surface area contributed by atoms with Gasteiger partial charge in [0, 0.05) is 11.1 Å². The number of aliphatic hydroxyl groups excluding tert-OH is 1. The fourth-order valence-corrected chi connectivity index (χ4v) is 2.20. The van der Waals surface area contributed by atoms with Crippen LogP contribution in [-0.2, 0) is 6.61 Å². The van der Waals surface area contributed by atoms with Crippen molar-refractivity contribution in [3.05, 3.63) is 58.2 Å². The number of rotatable bonds is 2. The normalized spacial score (nSPS) is 10.9. The van der Waals surface area contributed by atoms with Crippen LogP contribution < -0.4 is 0 Å². The molecule has 0 atom stereocenters. The van der Waals surface area contributed by atoms with Crippen molar-refractivity contribution in [2.45, 2.75) is 20.5 Å². The van der Waals surface area contributed by atoms with Crippen molar-refractivity contribution in [3.8, 4) is 11.1 Å². The van der Waals surface area contributed by atoms with Crippen LogP contribution in [0.5, 0.6) is 0 Å². The summed E-state index contributed by atoms with van der Waals surface area (Å²) in [5.74, 6) is -6.86. The highest BCUT2D eigenvalue weighted by Gasteiger charge is 2.26. The lowest BCUT2D eigenvalue weighted by Gasteiger charge is -2.14. The first-order valence-electron chi connectivity index (χ1n) is 5.91. The Morgan fingerprint density at radius 2 is 1.50 bits per heavy atom. The number of benzene rings is 2. The molecule has 0 radical (unpaired) electrons. The second-order valence-corrected chi connectivity index (χ2v) is 4.59. The van der Waals surface area contributed by atoms with E-state index < -0.39 is 41.0 Å². The Kier molecular flexibility index (Phi) is 3.81. The number of aryl methyl sites for hydroxylation is 2. The number of hydrogen-bond acceptors (Lipinski definition) is 1. The highest BCUT2D eigenvalue weighted by atomic mass is 19.2. The van der Waals surface area contributed by atoms with Gasteiger partial charge in [0.25, 0.3) is 0 Å². The second kappa shape index (κ2) is 5.25. The molecule has 0 aromatic heterocycles. The molecule has 0 amide bonds. The summed E-state index contributed by atoms with van der Waals surface area (Å²) in [6.45, 7) is 2.52. The Hall–Kier alpha value is -1.88. The van der Waals surface area contributed by atoms with Crippen LogP contribution in [0.2, 0.25) is 0 Å². The van der Waals surface area contributed by atoms with E-state index in [0.717, 1.165) is 5.56 Å². The van der Waals surface area contributed by atoms with E-state index in [-0.39, 0.29) is 5.56 Å². The van der Waals surface area contributed by atoms with Crippen LogP contribution in [0.15, 0.2) is 18.2 Å². The molecule has 0 fully saturated rings. The molecule has 0 unspecified atom stereocenters. The highest BCUT2D eigenvalue weighted by molar-refractivity contribution is 5.72. The summed E-state index contributed by atoms with van der Waals surface area (Å²) in [4.78, 5) is 0. The van der Waals surface area contributed by atoms with Gasteiger partial charge in [-0.3, -0.25) is 0 Å². The minimum Gasteiger partial charge on any atom is -0.392 e. The van der Waals surface area contributed by atoms with Crippen LogP contribution >= 0.6 is 0 Å². The molecule has 106 valence electrons. The number of hydrogen-bond donors (Lipinski definition) is 1. The zero-order valence-electron chi connectivity index (χ0n) is 10.9.